The average Bonchev–Trinajstić information content (AvgIpc) is 3.32. The highest BCUT2D eigenvalue weighted by molar-refractivity contribution is 6.32. The molecule has 4 nitrogen and oxygen atoms in total. The summed E-state index contributed by atoms with van der Waals surface area (Å²) in [5, 5.41) is 3.28. The molecule has 0 atom stereocenters. The van der Waals surface area contributed by atoms with Crippen molar-refractivity contribution >= 4 is 40.6 Å². The van der Waals surface area contributed by atoms with Gasteiger partial charge in [0.2, 0.25) is 0 Å². The lowest BCUT2D eigenvalue weighted by Gasteiger charge is -2.13. The zero-order valence-corrected chi connectivity index (χ0v) is 17.2. The van der Waals surface area contributed by atoms with Gasteiger partial charge >= 0.3 is 0 Å². The maximum absolute atomic E-state index is 13.3. The van der Waals surface area contributed by atoms with E-state index in [1.165, 1.54) is 0 Å². The van der Waals surface area contributed by atoms with Gasteiger partial charge in [-0.3, -0.25) is 9.59 Å². The number of halogens is 1. The van der Waals surface area contributed by atoms with Crippen molar-refractivity contribution in [1.82, 2.24) is 0 Å². The molecule has 0 spiro atoms. The van der Waals surface area contributed by atoms with E-state index in [9.17, 15) is 9.59 Å². The maximum Gasteiger partial charge on any atom is 0.256 e. The number of hydrogen-bond acceptors (Lipinski definition) is 3. The summed E-state index contributed by atoms with van der Waals surface area (Å²) in [6, 6.07) is 26.5. The van der Waals surface area contributed by atoms with Crippen molar-refractivity contribution in [2.45, 2.75) is 0 Å². The minimum atomic E-state index is -0.368. The second kappa shape index (κ2) is 9.28. The first-order valence-corrected chi connectivity index (χ1v) is 10.0. The minimum absolute atomic E-state index is 0.227. The molecule has 0 aliphatic carbocycles. The largest absolute Gasteiger partial charge is 0.465 e. The van der Waals surface area contributed by atoms with Crippen molar-refractivity contribution in [1.29, 1.82) is 0 Å². The average molecular weight is 428 g/mol. The lowest BCUT2D eigenvalue weighted by Crippen LogP contribution is -2.16. The van der Waals surface area contributed by atoms with Crippen molar-refractivity contribution < 1.29 is 14.0 Å². The van der Waals surface area contributed by atoms with E-state index in [4.69, 9.17) is 16.0 Å². The van der Waals surface area contributed by atoms with E-state index < -0.39 is 0 Å². The van der Waals surface area contributed by atoms with Crippen molar-refractivity contribution in [3.05, 3.63) is 125 Å². The van der Waals surface area contributed by atoms with E-state index in [0.717, 1.165) is 5.56 Å². The Morgan fingerprint density at radius 3 is 2.13 bits per heavy atom. The first kappa shape index (κ1) is 20.4. The van der Waals surface area contributed by atoms with Crippen molar-refractivity contribution in [3.8, 4) is 0 Å². The first-order valence-electron chi connectivity index (χ1n) is 9.63. The van der Waals surface area contributed by atoms with Gasteiger partial charge in [-0.2, -0.15) is 0 Å². The van der Waals surface area contributed by atoms with Crippen LogP contribution in [0, 0.1) is 0 Å². The number of nitrogens with one attached hydrogen (secondary N) is 1. The quantitative estimate of drug-likeness (QED) is 0.288. The van der Waals surface area contributed by atoms with E-state index in [2.05, 4.69) is 5.32 Å². The van der Waals surface area contributed by atoms with E-state index in [-0.39, 0.29) is 11.7 Å². The third-order valence-corrected chi connectivity index (χ3v) is 4.90. The fraction of sp³-hybridized carbons (Fsp3) is 0. The SMILES string of the molecule is O=C(Nc1ccc(Cl)cc1C(=O)c1ccccc1)/C(=C/c1ccco1)c1ccccc1. The van der Waals surface area contributed by atoms with E-state index >= 15 is 0 Å². The molecule has 0 aliphatic heterocycles. The standard InChI is InChI=1S/C26H18ClNO3/c27-20-13-14-24(23(16-20)25(29)19-10-5-2-6-11-19)28-26(30)22(17-21-12-7-15-31-21)18-8-3-1-4-9-18/h1-17H,(H,28,30)/b22-17+. The Hall–Kier alpha value is -3.89. The zero-order valence-electron chi connectivity index (χ0n) is 16.4. The monoisotopic (exact) mass is 427 g/mol. The fourth-order valence-electron chi connectivity index (χ4n) is 3.16. The molecule has 0 saturated heterocycles. The van der Waals surface area contributed by atoms with Crippen molar-refractivity contribution in [2.24, 2.45) is 0 Å². The summed E-state index contributed by atoms with van der Waals surface area (Å²) in [6.07, 6.45) is 3.21. The van der Waals surface area contributed by atoms with Gasteiger partial charge in [0.15, 0.2) is 5.78 Å². The van der Waals surface area contributed by atoms with Gasteiger partial charge in [0.25, 0.3) is 5.91 Å². The summed E-state index contributed by atoms with van der Waals surface area (Å²) in [5.74, 6) is -0.0487. The first-order chi connectivity index (χ1) is 15.1. The summed E-state index contributed by atoms with van der Waals surface area (Å²) >= 11 is 6.15. The number of anilines is 1. The molecule has 1 aromatic heterocycles. The number of hydrogen-bond donors (Lipinski definition) is 1. The Labute approximate surface area is 184 Å². The Morgan fingerprint density at radius 1 is 0.806 bits per heavy atom. The van der Waals surface area contributed by atoms with Gasteiger partial charge in [-0.05, 0) is 42.0 Å². The van der Waals surface area contributed by atoms with Crippen LogP contribution in [0.25, 0.3) is 11.6 Å². The molecule has 0 unspecified atom stereocenters. The van der Waals surface area contributed by atoms with Gasteiger partial charge < -0.3 is 9.73 Å². The summed E-state index contributed by atoms with van der Waals surface area (Å²) in [7, 11) is 0. The normalized spacial score (nSPS) is 11.2. The minimum Gasteiger partial charge on any atom is -0.465 e. The van der Waals surface area contributed by atoms with Crippen LogP contribution in [0.3, 0.4) is 0 Å². The molecule has 0 saturated carbocycles. The van der Waals surface area contributed by atoms with Gasteiger partial charge in [0, 0.05) is 16.1 Å². The van der Waals surface area contributed by atoms with Crippen LogP contribution in [0.5, 0.6) is 0 Å². The molecule has 1 heterocycles. The molecule has 0 radical (unpaired) electrons. The molecule has 152 valence electrons. The van der Waals surface area contributed by atoms with Crippen LogP contribution in [0.2, 0.25) is 5.02 Å². The second-order valence-corrected chi connectivity index (χ2v) is 7.22. The molecule has 1 amide bonds. The molecule has 3 aromatic carbocycles. The summed E-state index contributed by atoms with van der Waals surface area (Å²) in [6.45, 7) is 0. The van der Waals surface area contributed by atoms with Crippen molar-refractivity contribution in [2.75, 3.05) is 5.32 Å². The topological polar surface area (TPSA) is 59.3 Å². The number of benzene rings is 3. The highest BCUT2D eigenvalue weighted by Crippen LogP contribution is 2.26. The van der Waals surface area contributed by atoms with Crippen LogP contribution < -0.4 is 5.32 Å². The van der Waals surface area contributed by atoms with Crippen LogP contribution in [-0.4, -0.2) is 11.7 Å². The van der Waals surface area contributed by atoms with Gasteiger partial charge in [0.1, 0.15) is 5.76 Å². The van der Waals surface area contributed by atoms with Gasteiger partial charge in [-0.25, -0.2) is 0 Å². The number of ketones is 1. The summed E-state index contributed by atoms with van der Waals surface area (Å²) < 4.78 is 5.39. The van der Waals surface area contributed by atoms with Crippen LogP contribution in [-0.2, 0) is 4.79 Å². The molecule has 31 heavy (non-hydrogen) atoms. The second-order valence-electron chi connectivity index (χ2n) is 6.78. The van der Waals surface area contributed by atoms with Gasteiger partial charge in [-0.15, -0.1) is 0 Å². The summed E-state index contributed by atoms with van der Waals surface area (Å²) in [5.41, 5.74) is 2.33. The molecule has 4 aromatic rings. The molecular weight excluding hydrogens is 410 g/mol. The molecule has 0 aliphatic rings. The van der Waals surface area contributed by atoms with E-state index in [1.54, 1.807) is 66.9 Å². The predicted octanol–water partition coefficient (Wildman–Crippen LogP) is 6.34. The van der Waals surface area contributed by atoms with E-state index in [0.29, 0.717) is 33.2 Å². The molecule has 1 N–H and O–H groups in total. The van der Waals surface area contributed by atoms with Gasteiger partial charge in [-0.1, -0.05) is 72.3 Å². The van der Waals surface area contributed by atoms with E-state index in [1.807, 2.05) is 36.4 Å². The lowest BCUT2D eigenvalue weighted by molar-refractivity contribution is -0.111. The number of furan rings is 1. The molecule has 4 rings (SSSR count). The smallest absolute Gasteiger partial charge is 0.256 e. The molecule has 0 fully saturated rings. The molecule has 5 heteroatoms. The maximum atomic E-state index is 13.3. The van der Waals surface area contributed by atoms with Crippen LogP contribution >= 0.6 is 11.6 Å². The predicted molar refractivity (Wildman–Crippen MR) is 123 cm³/mol. The molecular formula is C26H18ClNO3. The third-order valence-electron chi connectivity index (χ3n) is 4.67. The Kier molecular flexibility index (Phi) is 6.11. The number of rotatable bonds is 6. The van der Waals surface area contributed by atoms with Crippen LogP contribution in [0.1, 0.15) is 27.2 Å². The zero-order chi connectivity index (χ0) is 21.6. The Bertz CT molecular complexity index is 1230. The van der Waals surface area contributed by atoms with Crippen LogP contribution in [0.4, 0.5) is 5.69 Å². The van der Waals surface area contributed by atoms with Crippen molar-refractivity contribution in [3.63, 3.8) is 0 Å². The third kappa shape index (κ3) is 4.82. The summed E-state index contributed by atoms with van der Waals surface area (Å²) in [4.78, 5) is 26.3. The van der Waals surface area contributed by atoms with Gasteiger partial charge in [0.05, 0.1) is 17.5 Å². The fourth-order valence-corrected chi connectivity index (χ4v) is 3.33. The molecule has 0 bridgehead atoms. The number of carbonyl (C=O) groups excluding carboxylic acids is 2. The van der Waals surface area contributed by atoms with Crippen LogP contribution in [0.15, 0.2) is 102 Å². The Morgan fingerprint density at radius 2 is 1.48 bits per heavy atom. The number of carbonyl (C=O) groups is 2. The number of amides is 1. The highest BCUT2D eigenvalue weighted by Gasteiger charge is 2.19. The highest BCUT2D eigenvalue weighted by atomic mass is 35.5. The Balaban J connectivity index is 1.71. The lowest BCUT2D eigenvalue weighted by atomic mass is 10.0.